The lowest BCUT2D eigenvalue weighted by atomic mass is 10.2. The Balaban J connectivity index is 3.16. The molecule has 2 N–H and O–H groups in total. The van der Waals surface area contributed by atoms with Gasteiger partial charge in [-0.25, -0.2) is 8.42 Å². The molecule has 0 amide bonds. The van der Waals surface area contributed by atoms with E-state index < -0.39 is 9.84 Å². The quantitative estimate of drug-likeness (QED) is 0.755. The topological polar surface area (TPSA) is 96.4 Å². The fourth-order valence-electron chi connectivity index (χ4n) is 1.87. The number of nitriles is 1. The number of hydrogen-bond donors (Lipinski definition) is 1. The minimum Gasteiger partial charge on any atom is -0.396 e. The van der Waals surface area contributed by atoms with Gasteiger partial charge in [0.15, 0.2) is 9.84 Å². The molecule has 0 heterocycles. The van der Waals surface area contributed by atoms with Gasteiger partial charge in [-0.3, -0.25) is 0 Å². The van der Waals surface area contributed by atoms with Crippen LogP contribution in [0.15, 0.2) is 23.1 Å². The Morgan fingerprint density at radius 3 is 2.65 bits per heavy atom. The first-order valence-electron chi connectivity index (χ1n) is 6.11. The van der Waals surface area contributed by atoms with Crippen LogP contribution in [0, 0.1) is 11.3 Å². The summed E-state index contributed by atoms with van der Waals surface area (Å²) in [4.78, 5) is 1.96. The Morgan fingerprint density at radius 2 is 2.10 bits per heavy atom. The highest BCUT2D eigenvalue weighted by atomic mass is 32.2. The zero-order valence-electron chi connectivity index (χ0n) is 11.7. The minimum atomic E-state index is -3.38. The Morgan fingerprint density at radius 1 is 1.40 bits per heavy atom. The van der Waals surface area contributed by atoms with Crippen LogP contribution in [0.25, 0.3) is 0 Å². The first-order chi connectivity index (χ1) is 9.41. The van der Waals surface area contributed by atoms with Crippen molar-refractivity contribution < 1.29 is 13.2 Å². The molecule has 0 unspecified atom stereocenters. The summed E-state index contributed by atoms with van der Waals surface area (Å²) < 4.78 is 28.4. The highest BCUT2D eigenvalue weighted by molar-refractivity contribution is 7.90. The van der Waals surface area contributed by atoms with E-state index in [-0.39, 0.29) is 10.6 Å². The lowest BCUT2D eigenvalue weighted by Crippen LogP contribution is -2.29. The third-order valence-corrected chi connectivity index (χ3v) is 4.00. The van der Waals surface area contributed by atoms with Crippen molar-refractivity contribution in [3.8, 4) is 6.07 Å². The number of sulfone groups is 1. The van der Waals surface area contributed by atoms with E-state index in [2.05, 4.69) is 6.07 Å². The van der Waals surface area contributed by atoms with Crippen LogP contribution in [-0.2, 0) is 14.6 Å². The molecule has 1 aromatic carbocycles. The molecule has 0 aliphatic carbocycles. The average molecular weight is 297 g/mol. The lowest BCUT2D eigenvalue weighted by Gasteiger charge is -2.25. The van der Waals surface area contributed by atoms with Gasteiger partial charge in [-0.05, 0) is 12.1 Å². The lowest BCUT2D eigenvalue weighted by molar-refractivity contribution is 0.205. The largest absolute Gasteiger partial charge is 0.396 e. The zero-order chi connectivity index (χ0) is 15.2. The van der Waals surface area contributed by atoms with Crippen molar-refractivity contribution in [2.75, 3.05) is 43.7 Å². The van der Waals surface area contributed by atoms with Crippen molar-refractivity contribution in [1.82, 2.24) is 0 Å². The normalized spacial score (nSPS) is 11.1. The number of methoxy groups -OCH3 is 1. The summed E-state index contributed by atoms with van der Waals surface area (Å²) >= 11 is 0. The number of anilines is 2. The van der Waals surface area contributed by atoms with Gasteiger partial charge < -0.3 is 15.4 Å². The molecule has 1 aromatic rings. The molecule has 0 aliphatic rings. The summed E-state index contributed by atoms with van der Waals surface area (Å²) in [7, 11) is -1.80. The Hall–Kier alpha value is -1.78. The van der Waals surface area contributed by atoms with Crippen molar-refractivity contribution in [1.29, 1.82) is 5.26 Å². The Kier molecular flexibility index (Phi) is 5.80. The van der Waals surface area contributed by atoms with E-state index in [0.29, 0.717) is 31.8 Å². The molecule has 6 nitrogen and oxygen atoms in total. The van der Waals surface area contributed by atoms with E-state index in [0.717, 1.165) is 6.26 Å². The number of nitrogen functional groups attached to an aromatic ring is 1. The zero-order valence-corrected chi connectivity index (χ0v) is 12.5. The predicted molar refractivity (Wildman–Crippen MR) is 78.3 cm³/mol. The number of para-hydroxylation sites is 1. The van der Waals surface area contributed by atoms with Gasteiger partial charge in [0, 0.05) is 26.5 Å². The van der Waals surface area contributed by atoms with E-state index >= 15 is 0 Å². The van der Waals surface area contributed by atoms with Crippen LogP contribution < -0.4 is 10.6 Å². The molecule has 110 valence electrons. The monoisotopic (exact) mass is 297 g/mol. The van der Waals surface area contributed by atoms with Gasteiger partial charge in [0.1, 0.15) is 0 Å². The molecule has 0 aliphatic heterocycles. The molecule has 0 bridgehead atoms. The molecule has 20 heavy (non-hydrogen) atoms. The van der Waals surface area contributed by atoms with Crippen LogP contribution >= 0.6 is 0 Å². The van der Waals surface area contributed by atoms with Gasteiger partial charge in [0.05, 0.1) is 35.4 Å². The molecule has 1 rings (SSSR count). The molecule has 0 radical (unpaired) electrons. The second kappa shape index (κ2) is 7.12. The maximum absolute atomic E-state index is 11.7. The number of ether oxygens (including phenoxy) is 1. The number of benzene rings is 1. The van der Waals surface area contributed by atoms with Gasteiger partial charge in [-0.2, -0.15) is 5.26 Å². The average Bonchev–Trinajstić information content (AvgIpc) is 2.38. The van der Waals surface area contributed by atoms with Crippen molar-refractivity contribution >= 4 is 21.2 Å². The smallest absolute Gasteiger partial charge is 0.177 e. The van der Waals surface area contributed by atoms with E-state index in [4.69, 9.17) is 15.7 Å². The van der Waals surface area contributed by atoms with Gasteiger partial charge >= 0.3 is 0 Å². The molecule has 0 aromatic heterocycles. The number of rotatable bonds is 7. The highest BCUT2D eigenvalue weighted by Gasteiger charge is 2.17. The summed E-state index contributed by atoms with van der Waals surface area (Å²) in [6.07, 6.45) is 1.45. The van der Waals surface area contributed by atoms with Gasteiger partial charge in [-0.1, -0.05) is 6.07 Å². The van der Waals surface area contributed by atoms with Crippen molar-refractivity contribution in [3.63, 3.8) is 0 Å². The molecule has 0 saturated carbocycles. The highest BCUT2D eigenvalue weighted by Crippen LogP contribution is 2.29. The first kappa shape index (κ1) is 16.3. The molecule has 7 heteroatoms. The van der Waals surface area contributed by atoms with E-state index in [1.165, 1.54) is 6.07 Å². The van der Waals surface area contributed by atoms with Crippen molar-refractivity contribution in [3.05, 3.63) is 18.2 Å². The first-order valence-corrected chi connectivity index (χ1v) is 8.00. The minimum absolute atomic E-state index is 0.106. The molecule has 0 spiro atoms. The van der Waals surface area contributed by atoms with Crippen LogP contribution in [0.2, 0.25) is 0 Å². The third kappa shape index (κ3) is 4.11. The predicted octanol–water partition coefficient (Wildman–Crippen LogP) is 1.04. The maximum atomic E-state index is 11.7. The number of nitrogens with zero attached hydrogens (tertiary/aromatic N) is 2. The fraction of sp³-hybridized carbons (Fsp3) is 0.462. The summed E-state index contributed by atoms with van der Waals surface area (Å²) in [6.45, 7) is 1.47. The fourth-order valence-corrected chi connectivity index (χ4v) is 2.70. The van der Waals surface area contributed by atoms with Crippen molar-refractivity contribution in [2.24, 2.45) is 0 Å². The number of nitrogens with two attached hydrogens (primary N) is 1. The standard InChI is InChI=1S/C13H19N3O3S/c1-19-10-9-16(8-4-7-14)11-5-3-6-12(13(11)15)20(2,17)18/h3,5-6H,4,8-10,15H2,1-2H3. The van der Waals surface area contributed by atoms with Crippen LogP contribution in [0.5, 0.6) is 0 Å². The molecule has 0 atom stereocenters. The molecule has 0 saturated heterocycles. The third-order valence-electron chi connectivity index (χ3n) is 2.84. The van der Waals surface area contributed by atoms with E-state index in [1.54, 1.807) is 19.2 Å². The molecular weight excluding hydrogens is 278 g/mol. The van der Waals surface area contributed by atoms with Crippen LogP contribution in [0.4, 0.5) is 11.4 Å². The second-order valence-electron chi connectivity index (χ2n) is 4.35. The maximum Gasteiger partial charge on any atom is 0.177 e. The van der Waals surface area contributed by atoms with E-state index in [9.17, 15) is 8.42 Å². The SMILES string of the molecule is COCCN(CCC#N)c1cccc(S(C)(=O)=O)c1N. The summed E-state index contributed by atoms with van der Waals surface area (Å²) in [6, 6.07) is 6.94. The Labute approximate surface area is 119 Å². The van der Waals surface area contributed by atoms with Gasteiger partial charge in [0.2, 0.25) is 0 Å². The second-order valence-corrected chi connectivity index (χ2v) is 6.33. The van der Waals surface area contributed by atoms with E-state index in [1.807, 2.05) is 4.90 Å². The number of hydrogen-bond acceptors (Lipinski definition) is 6. The van der Waals surface area contributed by atoms with Gasteiger partial charge in [-0.15, -0.1) is 0 Å². The van der Waals surface area contributed by atoms with Crippen LogP contribution in [0.1, 0.15) is 6.42 Å². The van der Waals surface area contributed by atoms with Crippen molar-refractivity contribution in [2.45, 2.75) is 11.3 Å². The van der Waals surface area contributed by atoms with Crippen LogP contribution in [0.3, 0.4) is 0 Å². The summed E-state index contributed by atoms with van der Waals surface area (Å²) in [5, 5.41) is 8.71. The summed E-state index contributed by atoms with van der Waals surface area (Å²) in [5.74, 6) is 0. The Bertz CT molecular complexity index is 593. The summed E-state index contributed by atoms with van der Waals surface area (Å²) in [5.41, 5.74) is 6.79. The molecular formula is C13H19N3O3S. The molecule has 0 fully saturated rings. The van der Waals surface area contributed by atoms with Gasteiger partial charge in [0.25, 0.3) is 0 Å². The van der Waals surface area contributed by atoms with Crippen LogP contribution in [-0.4, -0.2) is 41.5 Å².